The predicted molar refractivity (Wildman–Crippen MR) is 180 cm³/mol. The molecule has 9 nitrogen and oxygen atoms in total. The lowest BCUT2D eigenvalue weighted by molar-refractivity contribution is -0.137. The number of carbonyl (C=O) groups is 1. The van der Waals surface area contributed by atoms with Crippen molar-refractivity contribution < 1.29 is 41.0 Å². The van der Waals surface area contributed by atoms with Gasteiger partial charge in [0.1, 0.15) is 9.96 Å². The van der Waals surface area contributed by atoms with Crippen LogP contribution >= 0.6 is 11.3 Å². The van der Waals surface area contributed by atoms with Gasteiger partial charge in [-0.3, -0.25) is 14.4 Å². The summed E-state index contributed by atoms with van der Waals surface area (Å²) in [5, 5.41) is 11.8. The van der Waals surface area contributed by atoms with Crippen molar-refractivity contribution in [1.82, 2.24) is 9.80 Å². The van der Waals surface area contributed by atoms with E-state index in [0.29, 0.717) is 31.9 Å². The minimum atomic E-state index is -4.40. The van der Waals surface area contributed by atoms with E-state index in [-0.39, 0.29) is 46.7 Å². The molecule has 2 N–H and O–H groups in total. The third-order valence-corrected chi connectivity index (χ3v) is 11.1. The fourth-order valence-corrected chi connectivity index (χ4v) is 7.60. The minimum Gasteiger partial charge on any atom is -0.490 e. The Morgan fingerprint density at radius 1 is 1.12 bits per heavy atom. The number of ether oxygens (including phenoxy) is 2. The van der Waals surface area contributed by atoms with Crippen LogP contribution in [0.4, 0.5) is 18.9 Å². The summed E-state index contributed by atoms with van der Waals surface area (Å²) in [5.41, 5.74) is 0.382. The van der Waals surface area contributed by atoms with Crippen molar-refractivity contribution in [3.63, 3.8) is 0 Å². The highest BCUT2D eigenvalue weighted by atomic mass is 32.2. The molecule has 0 saturated carbocycles. The summed E-state index contributed by atoms with van der Waals surface area (Å²) < 4.78 is 80.4. The maximum absolute atomic E-state index is 14.3. The normalized spacial score (nSPS) is 20.9. The zero-order chi connectivity index (χ0) is 35.1. The third kappa shape index (κ3) is 10.2. The zero-order valence-electron chi connectivity index (χ0n) is 27.6. The smallest absolute Gasteiger partial charge is 0.416 e. The summed E-state index contributed by atoms with van der Waals surface area (Å²) in [6.07, 6.45) is -2.73. The van der Waals surface area contributed by atoms with Crippen LogP contribution in [0.1, 0.15) is 61.5 Å². The molecular formula is C34H44F3N3O6S2. The van der Waals surface area contributed by atoms with Crippen LogP contribution < -0.4 is 9.46 Å². The van der Waals surface area contributed by atoms with Gasteiger partial charge >= 0.3 is 6.18 Å². The second-order valence-corrected chi connectivity index (χ2v) is 15.3. The quantitative estimate of drug-likeness (QED) is 0.261. The molecule has 0 unspecified atom stereocenters. The van der Waals surface area contributed by atoms with Crippen LogP contribution in [0, 0.1) is 5.92 Å². The average Bonchev–Trinajstić information content (AvgIpc) is 3.59. The summed E-state index contributed by atoms with van der Waals surface area (Å²) in [4.78, 5) is 17.8. The first-order chi connectivity index (χ1) is 22.7. The Hall–Kier alpha value is -3.17. The maximum atomic E-state index is 14.3. The second kappa shape index (κ2) is 16.5. The molecule has 0 aliphatic carbocycles. The van der Waals surface area contributed by atoms with Gasteiger partial charge in [0.2, 0.25) is 0 Å². The number of anilines is 1. The number of hydrogen-bond acceptors (Lipinski definition) is 8. The van der Waals surface area contributed by atoms with E-state index in [1.165, 1.54) is 24.3 Å². The number of aliphatic hydroxyl groups excluding tert-OH is 1. The molecule has 0 fully saturated rings. The summed E-state index contributed by atoms with van der Waals surface area (Å²) in [7, 11) is -2.01. The molecule has 14 heteroatoms. The fourth-order valence-electron chi connectivity index (χ4n) is 5.55. The Labute approximate surface area is 284 Å². The molecule has 48 heavy (non-hydrogen) atoms. The van der Waals surface area contributed by atoms with E-state index in [4.69, 9.17) is 9.47 Å². The third-order valence-electron chi connectivity index (χ3n) is 8.29. The van der Waals surface area contributed by atoms with Crippen molar-refractivity contribution in [1.29, 1.82) is 0 Å². The largest absolute Gasteiger partial charge is 0.490 e. The zero-order valence-corrected chi connectivity index (χ0v) is 29.2. The summed E-state index contributed by atoms with van der Waals surface area (Å²) in [5.74, 6) is -0.336. The number of alkyl halides is 3. The van der Waals surface area contributed by atoms with Gasteiger partial charge in [0.25, 0.3) is 15.9 Å². The van der Waals surface area contributed by atoms with Gasteiger partial charge in [-0.15, -0.1) is 11.3 Å². The number of amides is 1. The lowest BCUT2D eigenvalue weighted by Gasteiger charge is -2.36. The van der Waals surface area contributed by atoms with Crippen molar-refractivity contribution >= 4 is 33.0 Å². The monoisotopic (exact) mass is 711 g/mol. The lowest BCUT2D eigenvalue weighted by Crippen LogP contribution is -2.47. The van der Waals surface area contributed by atoms with E-state index in [1.54, 1.807) is 35.4 Å². The number of fused-ring (bicyclic) bond motifs is 1. The number of sulfonamides is 1. The van der Waals surface area contributed by atoms with Crippen LogP contribution in [0.3, 0.4) is 0 Å². The molecule has 0 bridgehead atoms. The SMILES string of the molecule is C[C@H](CO)N1C[C@H](C)[C@H](CN(C)Cc2ccc(C(F)(F)F)cc2)OCCCC[C@H](C)Oc2ccc(NS(=O)(=O)c3cccs3)cc2C1=O. The van der Waals surface area contributed by atoms with Crippen molar-refractivity contribution in [3.05, 3.63) is 76.7 Å². The molecule has 2 aromatic carbocycles. The number of nitrogens with zero attached hydrogens (tertiary/aromatic N) is 2. The van der Waals surface area contributed by atoms with Gasteiger partial charge in [-0.1, -0.05) is 25.1 Å². The topological polar surface area (TPSA) is 108 Å². The van der Waals surface area contributed by atoms with E-state index in [1.807, 2.05) is 25.8 Å². The van der Waals surface area contributed by atoms with E-state index in [2.05, 4.69) is 4.72 Å². The first kappa shape index (κ1) is 37.6. The lowest BCUT2D eigenvalue weighted by atomic mass is 10.0. The van der Waals surface area contributed by atoms with Gasteiger partial charge in [0, 0.05) is 37.8 Å². The van der Waals surface area contributed by atoms with Crippen molar-refractivity contribution in [2.45, 2.75) is 75.2 Å². The maximum Gasteiger partial charge on any atom is 0.416 e. The van der Waals surface area contributed by atoms with Crippen molar-refractivity contribution in [2.75, 3.05) is 38.1 Å². The Morgan fingerprint density at radius 3 is 2.50 bits per heavy atom. The molecule has 4 rings (SSSR count). The van der Waals surface area contributed by atoms with Crippen molar-refractivity contribution in [2.24, 2.45) is 5.92 Å². The number of benzene rings is 2. The Bertz CT molecular complexity index is 1590. The van der Waals surface area contributed by atoms with Gasteiger partial charge in [0.05, 0.1) is 36.0 Å². The molecule has 0 saturated heterocycles. The van der Waals surface area contributed by atoms with Gasteiger partial charge in [-0.2, -0.15) is 13.2 Å². The predicted octanol–water partition coefficient (Wildman–Crippen LogP) is 6.50. The van der Waals surface area contributed by atoms with Crippen molar-refractivity contribution in [3.8, 4) is 5.75 Å². The highest BCUT2D eigenvalue weighted by molar-refractivity contribution is 7.94. The van der Waals surface area contributed by atoms with E-state index < -0.39 is 33.7 Å². The molecule has 1 amide bonds. The highest BCUT2D eigenvalue weighted by Crippen LogP contribution is 2.31. The number of nitrogens with one attached hydrogen (secondary N) is 1. The molecule has 1 aliphatic heterocycles. The fraction of sp³-hybridized carbons (Fsp3) is 0.500. The number of carbonyl (C=O) groups excluding carboxylic acids is 1. The first-order valence-corrected chi connectivity index (χ1v) is 18.3. The van der Waals surface area contributed by atoms with E-state index >= 15 is 0 Å². The van der Waals surface area contributed by atoms with Gasteiger partial charge in [-0.25, -0.2) is 8.42 Å². The molecule has 0 spiro atoms. The van der Waals surface area contributed by atoms with Gasteiger partial charge in [0.15, 0.2) is 0 Å². The Kier molecular flexibility index (Phi) is 12.9. The van der Waals surface area contributed by atoms with Crippen LogP contribution in [-0.2, 0) is 27.5 Å². The number of hydrogen-bond donors (Lipinski definition) is 2. The molecule has 1 aromatic heterocycles. The molecular weight excluding hydrogens is 668 g/mol. The van der Waals surface area contributed by atoms with E-state index in [0.717, 1.165) is 41.9 Å². The first-order valence-electron chi connectivity index (χ1n) is 15.9. The van der Waals surface area contributed by atoms with Crippen LogP contribution in [0.5, 0.6) is 5.75 Å². The standard InChI is InChI=1S/C34H44F3N3O6S2/c1-23-19-40(24(2)22-41)33(42)29-18-28(38-48(43,44)32-9-7-17-47-32)14-15-30(29)46-25(3)8-5-6-16-45-31(23)21-39(4)20-26-10-12-27(13-11-26)34(35,36)37/h7,9-15,17-18,23-25,31,38,41H,5-6,8,16,19-22H2,1-4H3/t23-,24+,25-,31-/m0/s1. The molecule has 1 aliphatic rings. The number of rotatable bonds is 9. The number of likely N-dealkylation sites (N-methyl/N-ethyl adjacent to an activating group) is 1. The van der Waals surface area contributed by atoms with E-state index in [9.17, 15) is 31.5 Å². The molecule has 4 atom stereocenters. The Morgan fingerprint density at radius 2 is 1.85 bits per heavy atom. The molecule has 264 valence electrons. The van der Waals surface area contributed by atoms with Gasteiger partial charge in [-0.05, 0) is 87.5 Å². The summed E-state index contributed by atoms with van der Waals surface area (Å²) in [6, 6.07) is 12.3. The number of halogens is 3. The summed E-state index contributed by atoms with van der Waals surface area (Å²) >= 11 is 1.08. The molecule has 0 radical (unpaired) electrons. The van der Waals surface area contributed by atoms with Crippen LogP contribution in [0.15, 0.2) is 64.2 Å². The highest BCUT2D eigenvalue weighted by Gasteiger charge is 2.32. The molecule has 2 heterocycles. The number of aliphatic hydroxyl groups is 1. The van der Waals surface area contributed by atoms with Gasteiger partial charge < -0.3 is 19.5 Å². The summed E-state index contributed by atoms with van der Waals surface area (Å²) in [6.45, 7) is 6.81. The molecule has 3 aromatic rings. The van der Waals surface area contributed by atoms with Crippen LogP contribution in [0.25, 0.3) is 0 Å². The Balaban J connectivity index is 1.60. The average molecular weight is 712 g/mol. The number of thiophene rings is 1. The van der Waals surface area contributed by atoms with Crippen LogP contribution in [0.2, 0.25) is 0 Å². The minimum absolute atomic E-state index is 0.137. The second-order valence-electron chi connectivity index (χ2n) is 12.4. The van der Waals surface area contributed by atoms with Crippen LogP contribution in [-0.4, -0.2) is 80.8 Å².